The van der Waals surface area contributed by atoms with Gasteiger partial charge in [0.1, 0.15) is 5.00 Å². The second-order valence-electron chi connectivity index (χ2n) is 9.45. The Bertz CT molecular complexity index is 1670. The largest absolute Gasteiger partial charge is 0.302 e. The number of carbonyl (C=O) groups is 2. The van der Waals surface area contributed by atoms with Gasteiger partial charge in [0.05, 0.1) is 5.57 Å². The quantitative estimate of drug-likeness (QED) is 0.159. The smallest absolute Gasteiger partial charge is 0.198 e. The molecular weight excluding hydrogens is 511 g/mol. The second kappa shape index (κ2) is 8.35. The predicted molar refractivity (Wildman–Crippen MR) is 157 cm³/mol. The lowest BCUT2D eigenvalue weighted by Crippen LogP contribution is -2.68. The molecule has 0 bridgehead atoms. The molecule has 3 nitrogen and oxygen atoms in total. The molecule has 3 aromatic carbocycles. The third kappa shape index (κ3) is 3.23. The maximum atomic E-state index is 12.8. The number of thiophene rings is 2. The average molecular weight is 532 g/mol. The second-order valence-corrected chi connectivity index (χ2v) is 15.2. The number of hydrogen-bond acceptors (Lipinski definition) is 5. The van der Waals surface area contributed by atoms with E-state index in [-0.39, 0.29) is 17.1 Å². The van der Waals surface area contributed by atoms with Crippen LogP contribution in [0.15, 0.2) is 107 Å². The fourth-order valence-electron chi connectivity index (χ4n) is 5.63. The van der Waals surface area contributed by atoms with Crippen molar-refractivity contribution in [1.82, 2.24) is 0 Å². The third-order valence-corrected chi connectivity index (χ3v) is 13.7. The molecule has 5 aromatic rings. The Kier molecular flexibility index (Phi) is 5.04. The molecule has 0 radical (unpaired) electrons. The summed E-state index contributed by atoms with van der Waals surface area (Å²) in [6, 6.07) is 32.4. The maximum Gasteiger partial charge on any atom is 0.198 e. The van der Waals surface area contributed by atoms with Crippen LogP contribution in [0.1, 0.15) is 25.6 Å². The number of ketones is 2. The highest BCUT2D eigenvalue weighted by atomic mass is 32.1. The number of carbonyl (C=O) groups excluding carboxylic acids is 2. The van der Waals surface area contributed by atoms with Crippen LogP contribution in [-0.2, 0) is 0 Å². The van der Waals surface area contributed by atoms with Crippen molar-refractivity contribution in [2.45, 2.75) is 6.55 Å². The van der Waals surface area contributed by atoms with Crippen molar-refractivity contribution in [2.24, 2.45) is 0 Å². The standard InChI is InChI=1S/C31H21NO2S2Si/c1-37(21-9-3-2-4-10-21)27-13-7-5-11-25(27)32(26-12-6-8-14-28(26)37)29-16-15-20(36-29)17-22-30(33)23-18-35-19-24(23)31(22)34/h2-19H,1H3. The Balaban J connectivity index is 1.37. The van der Waals surface area contributed by atoms with E-state index in [2.05, 4.69) is 96.4 Å². The number of para-hydroxylation sites is 2. The van der Waals surface area contributed by atoms with E-state index in [0.29, 0.717) is 11.1 Å². The number of fused-ring (bicyclic) bond motifs is 3. The minimum Gasteiger partial charge on any atom is -0.302 e. The van der Waals surface area contributed by atoms with E-state index in [1.54, 1.807) is 28.2 Å². The molecule has 0 unspecified atom stereocenters. The summed E-state index contributed by atoms with van der Waals surface area (Å²) in [5.74, 6) is -0.344. The number of nitrogens with zero attached hydrogens (tertiary/aromatic N) is 1. The summed E-state index contributed by atoms with van der Waals surface area (Å²) < 4.78 is 0. The van der Waals surface area contributed by atoms with E-state index in [1.807, 2.05) is 6.07 Å². The summed E-state index contributed by atoms with van der Waals surface area (Å²) in [7, 11) is -2.24. The molecular formula is C31H21NO2S2Si. The molecule has 1 aliphatic carbocycles. The fraction of sp³-hybridized carbons (Fsp3) is 0.0323. The van der Waals surface area contributed by atoms with E-state index < -0.39 is 8.07 Å². The highest BCUT2D eigenvalue weighted by molar-refractivity contribution is 7.17. The Morgan fingerprint density at radius 3 is 1.89 bits per heavy atom. The van der Waals surface area contributed by atoms with E-state index in [4.69, 9.17) is 0 Å². The minimum atomic E-state index is -2.24. The molecule has 7 rings (SSSR count). The Hall–Kier alpha value is -3.84. The maximum absolute atomic E-state index is 12.8. The SMILES string of the molecule is C[Si]1(c2ccccc2)c2ccccc2N(c2ccc(C=C3C(=O)c4cscc4C3=O)s2)c2ccccc21. The van der Waals surface area contributed by atoms with Gasteiger partial charge < -0.3 is 4.90 Å². The van der Waals surface area contributed by atoms with Gasteiger partial charge in [0.2, 0.25) is 0 Å². The highest BCUT2D eigenvalue weighted by Gasteiger charge is 2.43. The van der Waals surface area contributed by atoms with Crippen molar-refractivity contribution < 1.29 is 9.59 Å². The third-order valence-electron chi connectivity index (χ3n) is 7.48. The summed E-state index contributed by atoms with van der Waals surface area (Å²) >= 11 is 2.99. The molecule has 37 heavy (non-hydrogen) atoms. The lowest BCUT2D eigenvalue weighted by molar-refractivity contribution is 0.0990. The van der Waals surface area contributed by atoms with Gasteiger partial charge in [0.25, 0.3) is 0 Å². The summed E-state index contributed by atoms with van der Waals surface area (Å²) in [6.45, 7) is 2.44. The van der Waals surface area contributed by atoms with Crippen molar-refractivity contribution in [3.63, 3.8) is 0 Å². The van der Waals surface area contributed by atoms with Crippen LogP contribution in [0.4, 0.5) is 16.4 Å². The number of benzene rings is 3. The van der Waals surface area contributed by atoms with Crippen LogP contribution in [0.3, 0.4) is 0 Å². The molecule has 6 heteroatoms. The van der Waals surface area contributed by atoms with E-state index in [0.717, 1.165) is 9.88 Å². The van der Waals surface area contributed by atoms with Crippen LogP contribution in [0, 0.1) is 0 Å². The zero-order chi connectivity index (χ0) is 25.1. The predicted octanol–water partition coefficient (Wildman–Crippen LogP) is 6.16. The van der Waals surface area contributed by atoms with Gasteiger partial charge in [-0.2, -0.15) is 11.3 Å². The van der Waals surface area contributed by atoms with Crippen molar-refractivity contribution >= 4 is 80.3 Å². The van der Waals surface area contributed by atoms with Gasteiger partial charge >= 0.3 is 0 Å². The number of allylic oxidation sites excluding steroid dienone is 1. The molecule has 0 saturated carbocycles. The van der Waals surface area contributed by atoms with Crippen LogP contribution in [0.2, 0.25) is 6.55 Å². The Morgan fingerprint density at radius 2 is 1.27 bits per heavy atom. The van der Waals surface area contributed by atoms with Gasteiger partial charge in [0.15, 0.2) is 19.6 Å². The van der Waals surface area contributed by atoms with Crippen molar-refractivity contribution in [1.29, 1.82) is 0 Å². The van der Waals surface area contributed by atoms with Gasteiger partial charge in [-0.25, -0.2) is 0 Å². The minimum absolute atomic E-state index is 0.172. The highest BCUT2D eigenvalue weighted by Crippen LogP contribution is 2.42. The molecule has 0 fully saturated rings. The molecule has 0 spiro atoms. The van der Waals surface area contributed by atoms with E-state index >= 15 is 0 Å². The van der Waals surface area contributed by atoms with Gasteiger partial charge in [-0.1, -0.05) is 73.3 Å². The number of Topliss-reactive ketones (excluding diaryl/α,β-unsaturated/α-hetero) is 2. The van der Waals surface area contributed by atoms with Crippen molar-refractivity contribution in [3.8, 4) is 0 Å². The van der Waals surface area contributed by atoms with Crippen LogP contribution >= 0.6 is 22.7 Å². The summed E-state index contributed by atoms with van der Waals surface area (Å²) in [4.78, 5) is 28.9. The molecule has 0 amide bonds. The first-order valence-corrected chi connectivity index (χ1v) is 16.3. The van der Waals surface area contributed by atoms with Gasteiger partial charge in [0, 0.05) is 38.1 Å². The van der Waals surface area contributed by atoms with Crippen molar-refractivity contribution in [2.75, 3.05) is 4.90 Å². The van der Waals surface area contributed by atoms with Crippen LogP contribution in [-0.4, -0.2) is 19.6 Å². The Morgan fingerprint density at radius 1 is 0.703 bits per heavy atom. The fourth-order valence-corrected chi connectivity index (χ4v) is 11.5. The molecule has 1 aliphatic heterocycles. The van der Waals surface area contributed by atoms with Gasteiger partial charge in [-0.15, -0.1) is 11.3 Å². The zero-order valence-corrected chi connectivity index (χ0v) is 22.6. The van der Waals surface area contributed by atoms with Gasteiger partial charge in [-0.3, -0.25) is 9.59 Å². The number of anilines is 3. The van der Waals surface area contributed by atoms with Crippen molar-refractivity contribution in [3.05, 3.63) is 123 Å². The molecule has 3 heterocycles. The van der Waals surface area contributed by atoms with Gasteiger partial charge in [-0.05, 0) is 45.9 Å². The van der Waals surface area contributed by atoms with Crippen LogP contribution in [0.5, 0.6) is 0 Å². The lowest BCUT2D eigenvalue weighted by atomic mass is 10.1. The summed E-state index contributed by atoms with van der Waals surface area (Å²) in [6.07, 6.45) is 1.76. The lowest BCUT2D eigenvalue weighted by Gasteiger charge is -2.42. The summed E-state index contributed by atoms with van der Waals surface area (Å²) in [5.41, 5.74) is 3.70. The molecule has 2 aromatic heterocycles. The molecule has 0 saturated heterocycles. The monoisotopic (exact) mass is 531 g/mol. The Labute approximate surface area is 224 Å². The normalized spacial score (nSPS) is 15.4. The summed E-state index contributed by atoms with van der Waals surface area (Å²) in [5, 5.41) is 8.73. The van der Waals surface area contributed by atoms with E-state index in [9.17, 15) is 9.59 Å². The molecule has 0 N–H and O–H groups in total. The molecule has 178 valence electrons. The average Bonchev–Trinajstić information content (AvgIpc) is 3.66. The first-order valence-electron chi connectivity index (χ1n) is 12.1. The zero-order valence-electron chi connectivity index (χ0n) is 20.0. The first-order chi connectivity index (χ1) is 18.1. The molecule has 2 aliphatic rings. The topological polar surface area (TPSA) is 37.4 Å². The molecule has 0 atom stereocenters. The van der Waals surface area contributed by atoms with Crippen LogP contribution < -0.4 is 20.5 Å². The van der Waals surface area contributed by atoms with E-state index in [1.165, 1.54) is 38.3 Å². The first kappa shape index (κ1) is 22.4. The number of hydrogen-bond donors (Lipinski definition) is 0. The van der Waals surface area contributed by atoms with Crippen LogP contribution in [0.25, 0.3) is 6.08 Å². The number of rotatable bonds is 3.